The van der Waals surface area contributed by atoms with Crippen molar-refractivity contribution in [2.75, 3.05) is 4.90 Å². The van der Waals surface area contributed by atoms with Gasteiger partial charge >= 0.3 is 0 Å². The Kier molecular flexibility index (Phi) is 7.21. The number of hydrogen-bond donors (Lipinski definition) is 0. The number of para-hydroxylation sites is 2. The number of hydrogen-bond acceptors (Lipinski definition) is 6. The highest BCUT2D eigenvalue weighted by Crippen LogP contribution is 2.37. The summed E-state index contributed by atoms with van der Waals surface area (Å²) in [7, 11) is 0. The molecule has 1 aliphatic rings. The molecule has 5 aromatic carbocycles. The maximum absolute atomic E-state index is 6.01. The molecule has 6 nitrogen and oxygen atoms in total. The fourth-order valence-corrected chi connectivity index (χ4v) is 5.81. The summed E-state index contributed by atoms with van der Waals surface area (Å²) in [6.45, 7) is 0. The summed E-state index contributed by atoms with van der Waals surface area (Å²) in [5, 5.41) is 8.57. The first kappa shape index (κ1) is 27.4. The van der Waals surface area contributed by atoms with Gasteiger partial charge < -0.3 is 9.32 Å². The third-order valence-corrected chi connectivity index (χ3v) is 8.11. The fraction of sp³-hybridized carbons (Fsp3) is 0.0500. The minimum atomic E-state index is 0.492. The van der Waals surface area contributed by atoms with Crippen molar-refractivity contribution < 1.29 is 4.42 Å². The molecule has 2 heterocycles. The van der Waals surface area contributed by atoms with Crippen molar-refractivity contribution >= 4 is 22.4 Å². The van der Waals surface area contributed by atoms with Gasteiger partial charge in [0.15, 0.2) is 0 Å². The van der Waals surface area contributed by atoms with Gasteiger partial charge in [-0.15, -0.1) is 10.2 Å². The van der Waals surface area contributed by atoms with Crippen LogP contribution >= 0.6 is 0 Å². The monoisotopic (exact) mass is 595 g/mol. The Balaban J connectivity index is 1.15. The van der Waals surface area contributed by atoms with E-state index in [1.165, 1.54) is 5.70 Å². The van der Waals surface area contributed by atoms with Crippen molar-refractivity contribution in [3.8, 4) is 45.4 Å². The zero-order chi connectivity index (χ0) is 30.7. The molecule has 0 saturated heterocycles. The summed E-state index contributed by atoms with van der Waals surface area (Å²) in [5.41, 5.74) is 10.7. The largest absolute Gasteiger partial charge is 0.416 e. The molecular weight excluding hydrogens is 566 g/mol. The number of rotatable bonds is 7. The second kappa shape index (κ2) is 12.1. The molecule has 6 heteroatoms. The maximum Gasteiger partial charge on any atom is 0.248 e. The van der Waals surface area contributed by atoms with E-state index < -0.39 is 0 Å². The van der Waals surface area contributed by atoms with Crippen molar-refractivity contribution in [3.63, 3.8) is 0 Å². The Bertz CT molecular complexity index is 2190. The number of benzene rings is 5. The summed E-state index contributed by atoms with van der Waals surface area (Å²) in [6.07, 6.45) is 8.47. The predicted molar refractivity (Wildman–Crippen MR) is 184 cm³/mol. The lowest BCUT2D eigenvalue weighted by atomic mass is 10.0. The number of anilines is 2. The normalized spacial score (nSPS) is 12.7. The Morgan fingerprint density at radius 3 is 1.52 bits per heavy atom. The number of aromatic nitrogens is 4. The lowest BCUT2D eigenvalue weighted by Gasteiger charge is -2.29. The second-order valence-corrected chi connectivity index (χ2v) is 11.1. The Morgan fingerprint density at radius 1 is 0.500 bits per heavy atom. The molecule has 46 heavy (non-hydrogen) atoms. The first-order chi connectivity index (χ1) is 22.8. The molecule has 0 spiro atoms. The van der Waals surface area contributed by atoms with E-state index in [4.69, 9.17) is 14.4 Å². The van der Waals surface area contributed by atoms with E-state index >= 15 is 0 Å². The average molecular weight is 596 g/mol. The average Bonchev–Trinajstić information content (AvgIpc) is 3.64. The summed E-state index contributed by atoms with van der Waals surface area (Å²) in [6, 6.07) is 45.0. The molecule has 0 amide bonds. The van der Waals surface area contributed by atoms with E-state index in [2.05, 4.69) is 81.9 Å². The number of fused-ring (bicyclic) bond motifs is 1. The summed E-state index contributed by atoms with van der Waals surface area (Å²) < 4.78 is 6.01. The van der Waals surface area contributed by atoms with Crippen molar-refractivity contribution in [1.29, 1.82) is 0 Å². The van der Waals surface area contributed by atoms with Crippen LogP contribution in [0.25, 0.3) is 56.5 Å². The zero-order valence-electron chi connectivity index (χ0n) is 25.0. The molecule has 0 atom stereocenters. The summed E-state index contributed by atoms with van der Waals surface area (Å²) in [4.78, 5) is 12.4. The molecule has 0 bridgehead atoms. The lowest BCUT2D eigenvalue weighted by Crippen LogP contribution is -2.17. The highest BCUT2D eigenvalue weighted by Gasteiger charge is 2.19. The molecule has 7 aromatic rings. The summed E-state index contributed by atoms with van der Waals surface area (Å²) in [5.74, 6) is 0.999. The van der Waals surface area contributed by atoms with Gasteiger partial charge in [-0.05, 0) is 79.6 Å². The standard InChI is InChI=1S/C40H29N5O/c1-4-12-28(13-5-1)37-38(42-36-19-11-10-18-35(36)41-37)29-20-24-33(25-21-29)45(32-16-8-3-9-17-32)34-26-22-31(23-27-34)40-44-43-39(46-40)30-14-6-2-7-15-30/h1-8,10-16,18-27H,9,17H2. The van der Waals surface area contributed by atoms with Crippen LogP contribution in [0.2, 0.25) is 0 Å². The van der Waals surface area contributed by atoms with Crippen LogP contribution in [-0.2, 0) is 0 Å². The van der Waals surface area contributed by atoms with Crippen LogP contribution in [0.5, 0.6) is 0 Å². The first-order valence-corrected chi connectivity index (χ1v) is 15.4. The smallest absolute Gasteiger partial charge is 0.248 e. The minimum Gasteiger partial charge on any atom is -0.416 e. The molecule has 0 fully saturated rings. The molecule has 0 unspecified atom stereocenters. The number of nitrogens with zero attached hydrogens (tertiary/aromatic N) is 5. The van der Waals surface area contributed by atoms with Crippen LogP contribution in [0.3, 0.4) is 0 Å². The van der Waals surface area contributed by atoms with Crippen LogP contribution in [0, 0.1) is 0 Å². The molecule has 220 valence electrons. The van der Waals surface area contributed by atoms with Gasteiger partial charge in [-0.2, -0.15) is 0 Å². The second-order valence-electron chi connectivity index (χ2n) is 11.1. The van der Waals surface area contributed by atoms with E-state index in [1.54, 1.807) is 0 Å². The van der Waals surface area contributed by atoms with Gasteiger partial charge in [-0.25, -0.2) is 9.97 Å². The van der Waals surface area contributed by atoms with Gasteiger partial charge in [0.05, 0.1) is 22.4 Å². The molecular formula is C40H29N5O. The Morgan fingerprint density at radius 2 is 0.978 bits per heavy atom. The van der Waals surface area contributed by atoms with Gasteiger partial charge in [0.1, 0.15) is 0 Å². The maximum atomic E-state index is 6.01. The minimum absolute atomic E-state index is 0.492. The Hall–Kier alpha value is -6.14. The van der Waals surface area contributed by atoms with Gasteiger partial charge in [0, 0.05) is 39.3 Å². The fourth-order valence-electron chi connectivity index (χ4n) is 5.81. The molecule has 0 aliphatic heterocycles. The van der Waals surface area contributed by atoms with E-state index in [0.717, 1.165) is 68.9 Å². The van der Waals surface area contributed by atoms with Crippen LogP contribution < -0.4 is 4.90 Å². The zero-order valence-corrected chi connectivity index (χ0v) is 25.0. The first-order valence-electron chi connectivity index (χ1n) is 15.4. The van der Waals surface area contributed by atoms with Gasteiger partial charge in [0.2, 0.25) is 11.8 Å². The third-order valence-electron chi connectivity index (χ3n) is 8.11. The van der Waals surface area contributed by atoms with E-state index in [1.807, 2.05) is 84.9 Å². The van der Waals surface area contributed by atoms with Crippen molar-refractivity contribution in [2.24, 2.45) is 0 Å². The molecule has 2 aromatic heterocycles. The van der Waals surface area contributed by atoms with Gasteiger partial charge in [-0.3, -0.25) is 0 Å². The van der Waals surface area contributed by atoms with Crippen LogP contribution in [-0.4, -0.2) is 20.2 Å². The van der Waals surface area contributed by atoms with Crippen molar-refractivity contribution in [2.45, 2.75) is 12.8 Å². The van der Waals surface area contributed by atoms with Crippen LogP contribution in [0.4, 0.5) is 11.4 Å². The molecule has 8 rings (SSSR count). The highest BCUT2D eigenvalue weighted by atomic mass is 16.4. The van der Waals surface area contributed by atoms with E-state index in [-0.39, 0.29) is 0 Å². The van der Waals surface area contributed by atoms with Gasteiger partial charge in [0.25, 0.3) is 0 Å². The molecule has 0 saturated carbocycles. The van der Waals surface area contributed by atoms with E-state index in [9.17, 15) is 0 Å². The van der Waals surface area contributed by atoms with Crippen LogP contribution in [0.15, 0.2) is 162 Å². The highest BCUT2D eigenvalue weighted by molar-refractivity contribution is 5.86. The molecule has 0 radical (unpaired) electrons. The predicted octanol–water partition coefficient (Wildman–Crippen LogP) is 10.1. The molecule has 1 aliphatic carbocycles. The topological polar surface area (TPSA) is 67.9 Å². The van der Waals surface area contributed by atoms with Crippen molar-refractivity contribution in [3.05, 3.63) is 157 Å². The third kappa shape index (κ3) is 5.37. The lowest BCUT2D eigenvalue weighted by molar-refractivity contribution is 0.584. The Labute approximate surface area is 267 Å². The summed E-state index contributed by atoms with van der Waals surface area (Å²) >= 11 is 0. The number of allylic oxidation sites excluding steroid dienone is 4. The van der Waals surface area contributed by atoms with Crippen LogP contribution in [0.1, 0.15) is 12.8 Å². The SMILES string of the molecule is C1=CCCC(N(c2ccc(-c3nnc(-c4ccccc4)o3)cc2)c2ccc(-c3nc4ccccc4nc3-c3ccccc3)cc2)=C1. The van der Waals surface area contributed by atoms with E-state index in [0.29, 0.717) is 11.8 Å². The molecule has 0 N–H and O–H groups in total. The van der Waals surface area contributed by atoms with Crippen molar-refractivity contribution in [1.82, 2.24) is 20.2 Å². The van der Waals surface area contributed by atoms with Gasteiger partial charge in [-0.1, -0.05) is 84.9 Å². The quantitative estimate of drug-likeness (QED) is 0.183.